The maximum absolute atomic E-state index is 14.8. The highest BCUT2D eigenvalue weighted by atomic mass is 35.5. The highest BCUT2D eigenvalue weighted by Gasteiger charge is 2.63. The highest BCUT2D eigenvalue weighted by Crippen LogP contribution is 2.49. The Morgan fingerprint density at radius 2 is 1.97 bits per heavy atom. The van der Waals surface area contributed by atoms with Crippen molar-refractivity contribution in [3.05, 3.63) is 64.9 Å². The molecule has 12 heteroatoms. The second-order valence-corrected chi connectivity index (χ2v) is 8.55. The van der Waals surface area contributed by atoms with E-state index in [4.69, 9.17) is 27.9 Å². The highest BCUT2D eigenvalue weighted by molar-refractivity contribution is 6.42. The smallest absolute Gasteiger partial charge is 0.383 e. The Hall–Kier alpha value is -2.95. The Kier molecular flexibility index (Phi) is 6.17. The van der Waals surface area contributed by atoms with Crippen LogP contribution in [0.25, 0.3) is 16.7 Å². The molecule has 0 bridgehead atoms. The summed E-state index contributed by atoms with van der Waals surface area (Å²) in [6.45, 7) is 8.50. The Labute approximate surface area is 203 Å². The van der Waals surface area contributed by atoms with Gasteiger partial charge in [-0.1, -0.05) is 42.4 Å². The summed E-state index contributed by atoms with van der Waals surface area (Å²) in [5, 5.41) is 5.45. The molecular weight excluding hydrogens is 492 g/mol. The maximum Gasteiger partial charge on any atom is 0.436 e. The monoisotopic (exact) mass is 512 g/mol. The van der Waals surface area contributed by atoms with Crippen LogP contribution in [-0.2, 0) is 10.4 Å². The average molecular weight is 513 g/mol. The van der Waals surface area contributed by atoms with Gasteiger partial charge in [-0.15, -0.1) is 0 Å². The van der Waals surface area contributed by atoms with E-state index in [9.17, 15) is 13.2 Å². The quantitative estimate of drug-likeness (QED) is 0.451. The molecule has 7 nitrogen and oxygen atoms in total. The lowest BCUT2D eigenvalue weighted by molar-refractivity contribution is -0.203. The van der Waals surface area contributed by atoms with Crippen LogP contribution < -0.4 is 15.5 Å². The van der Waals surface area contributed by atoms with Crippen LogP contribution in [0.4, 0.5) is 24.9 Å². The lowest BCUT2D eigenvalue weighted by Crippen LogP contribution is -2.56. The number of nitrogens with zero attached hydrogens (tertiary/aromatic N) is 4. The number of hydrogen-bond donors (Lipinski definition) is 2. The van der Waals surface area contributed by atoms with Crippen molar-refractivity contribution in [2.45, 2.75) is 11.8 Å². The second-order valence-electron chi connectivity index (χ2n) is 7.74. The molecule has 0 saturated heterocycles. The molecule has 1 aliphatic heterocycles. The van der Waals surface area contributed by atoms with Gasteiger partial charge in [0.1, 0.15) is 5.82 Å². The van der Waals surface area contributed by atoms with E-state index in [0.717, 1.165) is 4.57 Å². The number of pyridine rings is 1. The Bertz CT molecular complexity index is 1290. The van der Waals surface area contributed by atoms with Gasteiger partial charge in [-0.25, -0.2) is 9.97 Å². The van der Waals surface area contributed by atoms with Crippen molar-refractivity contribution < 1.29 is 17.9 Å². The second kappa shape index (κ2) is 8.68. The van der Waals surface area contributed by atoms with Gasteiger partial charge in [-0.3, -0.25) is 4.57 Å². The molecule has 1 aliphatic rings. The molecule has 180 valence electrons. The maximum atomic E-state index is 14.8. The van der Waals surface area contributed by atoms with Gasteiger partial charge >= 0.3 is 6.18 Å². The topological polar surface area (TPSA) is 67.2 Å². The first-order valence-corrected chi connectivity index (χ1v) is 10.8. The number of nitrogens with one attached hydrogen (secondary N) is 2. The summed E-state index contributed by atoms with van der Waals surface area (Å²) in [6.07, 6.45) is -4.85. The summed E-state index contributed by atoms with van der Waals surface area (Å²) in [6, 6.07) is 7.75. The number of rotatable bonds is 7. The van der Waals surface area contributed by atoms with Crippen LogP contribution in [0.1, 0.15) is 5.69 Å². The lowest BCUT2D eigenvalue weighted by atomic mass is 10.1. The van der Waals surface area contributed by atoms with Crippen LogP contribution in [0.5, 0.6) is 0 Å². The van der Waals surface area contributed by atoms with Crippen molar-refractivity contribution in [3.8, 4) is 0 Å². The standard InChI is InChI=1S/C22H21Cl2F3N6O/c1-12(16-6-5-7-19(29-16)32(3)8-9-34-4)31-21(22(25,26)27)13(2)28-20-30-17-10-14(23)15(24)11-18(17)33(20)21/h5-7,10-11,31H,1-2,8-9H2,3-4H3,(H,28,30). The first-order chi connectivity index (χ1) is 16.0. The van der Waals surface area contributed by atoms with Gasteiger partial charge in [-0.2, -0.15) is 13.2 Å². The predicted octanol–water partition coefficient (Wildman–Crippen LogP) is 5.24. The Morgan fingerprint density at radius 1 is 1.26 bits per heavy atom. The number of ether oxygens (including phenoxy) is 1. The SMILES string of the molecule is C=C(NC1(C(F)(F)F)C(=C)Nc2nc3cc(Cl)c(Cl)cc3n21)c1cccc(N(C)CCOC)n1. The van der Waals surface area contributed by atoms with E-state index < -0.39 is 11.8 Å². The third-order valence-corrected chi connectivity index (χ3v) is 6.26. The molecule has 1 aromatic carbocycles. The van der Waals surface area contributed by atoms with E-state index >= 15 is 0 Å². The molecule has 3 aromatic rings. The Balaban J connectivity index is 1.79. The summed E-state index contributed by atoms with van der Waals surface area (Å²) in [5.41, 5.74) is -2.64. The van der Waals surface area contributed by atoms with Gasteiger partial charge in [0.2, 0.25) is 5.95 Å². The average Bonchev–Trinajstić information content (AvgIpc) is 3.25. The van der Waals surface area contributed by atoms with Crippen molar-refractivity contribution in [3.63, 3.8) is 0 Å². The van der Waals surface area contributed by atoms with Crippen molar-refractivity contribution in [2.24, 2.45) is 0 Å². The number of methoxy groups -OCH3 is 1. The molecular formula is C22H21Cl2F3N6O. The van der Waals surface area contributed by atoms with Crippen molar-refractivity contribution in [1.29, 1.82) is 0 Å². The first kappa shape index (κ1) is 24.2. The van der Waals surface area contributed by atoms with Crippen molar-refractivity contribution in [1.82, 2.24) is 19.9 Å². The molecule has 3 heterocycles. The van der Waals surface area contributed by atoms with Gasteiger partial charge < -0.3 is 20.3 Å². The van der Waals surface area contributed by atoms with Gasteiger partial charge in [0.25, 0.3) is 5.66 Å². The van der Waals surface area contributed by atoms with Crippen LogP contribution in [0.2, 0.25) is 10.0 Å². The number of alkyl halides is 3. The molecule has 0 spiro atoms. The van der Waals surface area contributed by atoms with Gasteiger partial charge in [-0.05, 0) is 24.3 Å². The fourth-order valence-corrected chi connectivity index (χ4v) is 4.10. The third-order valence-electron chi connectivity index (χ3n) is 5.54. The summed E-state index contributed by atoms with van der Waals surface area (Å²) in [7, 11) is 3.39. The first-order valence-electron chi connectivity index (χ1n) is 10.0. The van der Waals surface area contributed by atoms with Crippen LogP contribution >= 0.6 is 23.2 Å². The number of aromatic nitrogens is 3. The number of likely N-dealkylation sites (N-methyl/N-ethyl adjacent to an activating group) is 1. The Morgan fingerprint density at radius 3 is 2.65 bits per heavy atom. The normalized spacial score (nSPS) is 17.6. The summed E-state index contributed by atoms with van der Waals surface area (Å²) in [5.74, 6) is 0.495. The van der Waals surface area contributed by atoms with E-state index in [-0.39, 0.29) is 44.1 Å². The molecule has 0 amide bonds. The van der Waals surface area contributed by atoms with Gasteiger partial charge in [0.15, 0.2) is 0 Å². The minimum absolute atomic E-state index is 0.0583. The third kappa shape index (κ3) is 3.85. The lowest BCUT2D eigenvalue weighted by Gasteiger charge is -2.36. The van der Waals surface area contributed by atoms with Crippen molar-refractivity contribution in [2.75, 3.05) is 37.5 Å². The summed E-state index contributed by atoms with van der Waals surface area (Å²) in [4.78, 5) is 10.5. The minimum Gasteiger partial charge on any atom is -0.383 e. The minimum atomic E-state index is -4.85. The molecule has 0 fully saturated rings. The molecule has 34 heavy (non-hydrogen) atoms. The molecule has 2 N–H and O–H groups in total. The predicted molar refractivity (Wildman–Crippen MR) is 128 cm³/mol. The number of fused-ring (bicyclic) bond motifs is 3. The zero-order valence-electron chi connectivity index (χ0n) is 18.3. The van der Waals surface area contributed by atoms with Crippen LogP contribution in [0.15, 0.2) is 49.2 Å². The number of imidazole rings is 1. The van der Waals surface area contributed by atoms with Crippen molar-refractivity contribution >= 4 is 51.7 Å². The molecule has 0 aliphatic carbocycles. The van der Waals surface area contributed by atoms with Crippen LogP contribution in [0.3, 0.4) is 0 Å². The number of benzene rings is 1. The molecule has 2 aromatic heterocycles. The molecule has 4 rings (SSSR count). The van der Waals surface area contributed by atoms with E-state index in [0.29, 0.717) is 19.0 Å². The number of anilines is 2. The van der Waals surface area contributed by atoms with E-state index in [1.165, 1.54) is 12.1 Å². The fraction of sp³-hybridized carbons (Fsp3) is 0.273. The molecule has 1 atom stereocenters. The number of halogens is 5. The fourth-order valence-electron chi connectivity index (χ4n) is 3.79. The van der Waals surface area contributed by atoms with Gasteiger partial charge in [0, 0.05) is 20.7 Å². The largest absolute Gasteiger partial charge is 0.436 e. The van der Waals surface area contributed by atoms with Crippen LogP contribution in [-0.4, -0.2) is 48.0 Å². The van der Waals surface area contributed by atoms with E-state index in [1.807, 2.05) is 4.90 Å². The number of hydrogen-bond acceptors (Lipinski definition) is 6. The van der Waals surface area contributed by atoms with Crippen LogP contribution in [0, 0.1) is 0 Å². The summed E-state index contributed by atoms with van der Waals surface area (Å²) >= 11 is 12.2. The molecule has 0 saturated carbocycles. The summed E-state index contributed by atoms with van der Waals surface area (Å²) < 4.78 is 50.4. The molecule has 1 unspecified atom stereocenters. The molecule has 0 radical (unpaired) electrons. The zero-order chi connectivity index (χ0) is 24.8. The zero-order valence-corrected chi connectivity index (χ0v) is 19.8. The van der Waals surface area contributed by atoms with E-state index in [2.05, 4.69) is 33.8 Å². The van der Waals surface area contributed by atoms with Gasteiger partial charge in [0.05, 0.1) is 44.8 Å². The van der Waals surface area contributed by atoms with E-state index in [1.54, 1.807) is 32.4 Å².